The number of hydrogen-bond donors (Lipinski definition) is 1. The van der Waals surface area contributed by atoms with Gasteiger partial charge in [-0.3, -0.25) is 0 Å². The average molecular weight is 234 g/mol. The minimum atomic E-state index is -0.896. The molecule has 0 fully saturated rings. The van der Waals surface area contributed by atoms with E-state index in [1.165, 1.54) is 11.3 Å². The van der Waals surface area contributed by atoms with Gasteiger partial charge in [0.2, 0.25) is 0 Å². The molecule has 0 saturated heterocycles. The smallest absolute Gasteiger partial charge is 0.346 e. The number of methoxy groups -OCH3 is 1. The Morgan fingerprint density at radius 1 is 1.38 bits per heavy atom. The van der Waals surface area contributed by atoms with Gasteiger partial charge >= 0.3 is 5.97 Å². The maximum Gasteiger partial charge on any atom is 0.346 e. The number of hydrogen-bond acceptors (Lipinski definition) is 3. The summed E-state index contributed by atoms with van der Waals surface area (Å²) in [6.45, 7) is 0. The summed E-state index contributed by atoms with van der Waals surface area (Å²) in [5.74, 6) is -0.173. The van der Waals surface area contributed by atoms with Gasteiger partial charge < -0.3 is 9.84 Å². The molecule has 4 heteroatoms. The van der Waals surface area contributed by atoms with Gasteiger partial charge in [-0.2, -0.15) is 0 Å². The highest BCUT2D eigenvalue weighted by Gasteiger charge is 2.13. The van der Waals surface area contributed by atoms with Gasteiger partial charge in [-0.1, -0.05) is 12.1 Å². The Morgan fingerprint density at radius 2 is 2.19 bits per heavy atom. The first kappa shape index (κ1) is 10.7. The fourth-order valence-electron chi connectivity index (χ4n) is 1.49. The minimum absolute atomic E-state index is 0.355. The second kappa shape index (κ2) is 4.37. The number of ether oxygens (including phenoxy) is 1. The monoisotopic (exact) mass is 234 g/mol. The summed E-state index contributed by atoms with van der Waals surface area (Å²) in [4.78, 5) is 11.3. The van der Waals surface area contributed by atoms with E-state index in [-0.39, 0.29) is 0 Å². The Morgan fingerprint density at radius 3 is 2.88 bits per heavy atom. The maximum absolute atomic E-state index is 11.0. The van der Waals surface area contributed by atoms with Crippen LogP contribution in [0.4, 0.5) is 0 Å². The zero-order chi connectivity index (χ0) is 11.5. The Hall–Kier alpha value is -1.81. The lowest BCUT2D eigenvalue weighted by molar-refractivity contribution is 0.0703. The topological polar surface area (TPSA) is 46.5 Å². The number of benzene rings is 1. The molecular weight excluding hydrogens is 224 g/mol. The van der Waals surface area contributed by atoms with Gasteiger partial charge in [0, 0.05) is 5.56 Å². The lowest BCUT2D eigenvalue weighted by atomic mass is 10.1. The van der Waals surface area contributed by atoms with Crippen molar-refractivity contribution in [3.05, 3.63) is 40.6 Å². The van der Waals surface area contributed by atoms with Crippen LogP contribution in [0.3, 0.4) is 0 Å². The molecule has 0 bridgehead atoms. The number of thiophene rings is 1. The quantitative estimate of drug-likeness (QED) is 0.887. The van der Waals surface area contributed by atoms with Crippen LogP contribution in [0.15, 0.2) is 35.7 Å². The molecule has 2 aromatic rings. The molecule has 0 amide bonds. The van der Waals surface area contributed by atoms with Crippen LogP contribution < -0.4 is 4.74 Å². The third kappa shape index (κ3) is 1.92. The number of rotatable bonds is 3. The van der Waals surface area contributed by atoms with E-state index in [1.54, 1.807) is 12.5 Å². The third-order valence-electron chi connectivity index (χ3n) is 2.24. The van der Waals surface area contributed by atoms with Crippen molar-refractivity contribution in [3.8, 4) is 16.9 Å². The van der Waals surface area contributed by atoms with Crippen LogP contribution in [-0.2, 0) is 0 Å². The van der Waals surface area contributed by atoms with Crippen molar-refractivity contribution in [1.82, 2.24) is 0 Å². The number of aromatic carboxylic acids is 1. The molecule has 1 aromatic carbocycles. The van der Waals surface area contributed by atoms with Gasteiger partial charge in [0.25, 0.3) is 0 Å². The van der Waals surface area contributed by atoms with E-state index in [0.717, 1.165) is 16.9 Å². The molecule has 0 aliphatic carbocycles. The zero-order valence-corrected chi connectivity index (χ0v) is 9.45. The first-order valence-electron chi connectivity index (χ1n) is 4.67. The molecule has 82 valence electrons. The van der Waals surface area contributed by atoms with Crippen molar-refractivity contribution >= 4 is 17.3 Å². The SMILES string of the molecule is COc1cccc(-c2ccsc2C(=O)O)c1. The molecule has 0 aliphatic heterocycles. The number of carbonyl (C=O) groups is 1. The highest BCUT2D eigenvalue weighted by molar-refractivity contribution is 7.12. The fraction of sp³-hybridized carbons (Fsp3) is 0.0833. The summed E-state index contributed by atoms with van der Waals surface area (Å²) in [5.41, 5.74) is 1.59. The normalized spacial score (nSPS) is 10.1. The third-order valence-corrected chi connectivity index (χ3v) is 3.14. The number of carboxylic acid groups (broad SMARTS) is 1. The molecule has 0 radical (unpaired) electrons. The fourth-order valence-corrected chi connectivity index (χ4v) is 2.25. The van der Waals surface area contributed by atoms with Crippen molar-refractivity contribution in [2.45, 2.75) is 0 Å². The van der Waals surface area contributed by atoms with Crippen LogP contribution in [0.2, 0.25) is 0 Å². The zero-order valence-electron chi connectivity index (χ0n) is 8.64. The predicted molar refractivity (Wildman–Crippen MR) is 63.3 cm³/mol. The van der Waals surface area contributed by atoms with E-state index in [9.17, 15) is 4.79 Å². The van der Waals surface area contributed by atoms with E-state index < -0.39 is 5.97 Å². The van der Waals surface area contributed by atoms with Crippen molar-refractivity contribution < 1.29 is 14.6 Å². The van der Waals surface area contributed by atoms with E-state index >= 15 is 0 Å². The van der Waals surface area contributed by atoms with Crippen molar-refractivity contribution in [2.24, 2.45) is 0 Å². The predicted octanol–water partition coefficient (Wildman–Crippen LogP) is 3.12. The molecule has 0 atom stereocenters. The molecule has 16 heavy (non-hydrogen) atoms. The average Bonchev–Trinajstić information content (AvgIpc) is 2.78. The van der Waals surface area contributed by atoms with Crippen LogP contribution in [0.25, 0.3) is 11.1 Å². The van der Waals surface area contributed by atoms with Gasteiger partial charge in [-0.15, -0.1) is 11.3 Å². The molecule has 0 aliphatic rings. The molecule has 2 rings (SSSR count). The minimum Gasteiger partial charge on any atom is -0.497 e. The summed E-state index contributed by atoms with van der Waals surface area (Å²) >= 11 is 1.23. The summed E-state index contributed by atoms with van der Waals surface area (Å²) in [7, 11) is 1.59. The van der Waals surface area contributed by atoms with Gasteiger partial charge in [0.05, 0.1) is 7.11 Å². The summed E-state index contributed by atoms with van der Waals surface area (Å²) < 4.78 is 5.11. The summed E-state index contributed by atoms with van der Waals surface area (Å²) in [5, 5.41) is 10.8. The molecule has 0 spiro atoms. The standard InChI is InChI=1S/C12H10O3S/c1-15-9-4-2-3-8(7-9)10-5-6-16-11(10)12(13)14/h2-7H,1H3,(H,13,14). The van der Waals surface area contributed by atoms with E-state index in [0.29, 0.717) is 4.88 Å². The van der Waals surface area contributed by atoms with Gasteiger partial charge in [0.1, 0.15) is 10.6 Å². The molecule has 3 nitrogen and oxygen atoms in total. The van der Waals surface area contributed by atoms with Crippen LogP contribution in [-0.4, -0.2) is 18.2 Å². The maximum atomic E-state index is 11.0. The molecule has 1 heterocycles. The van der Waals surface area contributed by atoms with Gasteiger partial charge in [-0.25, -0.2) is 4.79 Å². The number of carboxylic acids is 1. The molecular formula is C12H10O3S. The van der Waals surface area contributed by atoms with Crippen LogP contribution in [0, 0.1) is 0 Å². The first-order valence-corrected chi connectivity index (χ1v) is 5.55. The Labute approximate surface area is 96.9 Å². The van der Waals surface area contributed by atoms with E-state index in [2.05, 4.69) is 0 Å². The van der Waals surface area contributed by atoms with E-state index in [1.807, 2.05) is 30.3 Å². The lowest BCUT2D eigenvalue weighted by Crippen LogP contribution is -1.94. The summed E-state index contributed by atoms with van der Waals surface area (Å²) in [6, 6.07) is 9.18. The highest BCUT2D eigenvalue weighted by atomic mass is 32.1. The Kier molecular flexibility index (Phi) is 2.92. The Balaban J connectivity index is 2.50. The van der Waals surface area contributed by atoms with Crippen LogP contribution in [0.1, 0.15) is 9.67 Å². The molecule has 0 unspecified atom stereocenters. The Bertz CT molecular complexity index is 516. The largest absolute Gasteiger partial charge is 0.497 e. The van der Waals surface area contributed by atoms with Gasteiger partial charge in [0.15, 0.2) is 0 Å². The van der Waals surface area contributed by atoms with Crippen molar-refractivity contribution in [1.29, 1.82) is 0 Å². The van der Waals surface area contributed by atoms with Crippen molar-refractivity contribution in [3.63, 3.8) is 0 Å². The van der Waals surface area contributed by atoms with E-state index in [4.69, 9.17) is 9.84 Å². The molecule has 1 N–H and O–H groups in total. The van der Waals surface area contributed by atoms with Crippen molar-refractivity contribution in [2.75, 3.05) is 7.11 Å². The van der Waals surface area contributed by atoms with Gasteiger partial charge in [-0.05, 0) is 29.1 Å². The first-order chi connectivity index (χ1) is 7.72. The van der Waals surface area contributed by atoms with Crippen LogP contribution >= 0.6 is 11.3 Å². The second-order valence-corrected chi connectivity index (χ2v) is 4.12. The molecule has 1 aromatic heterocycles. The van der Waals surface area contributed by atoms with Crippen LogP contribution in [0.5, 0.6) is 5.75 Å². The highest BCUT2D eigenvalue weighted by Crippen LogP contribution is 2.30. The lowest BCUT2D eigenvalue weighted by Gasteiger charge is -2.03. The molecule has 0 saturated carbocycles. The summed E-state index contributed by atoms with van der Waals surface area (Å²) in [6.07, 6.45) is 0. The second-order valence-electron chi connectivity index (χ2n) is 3.20.